The van der Waals surface area contributed by atoms with Crippen molar-refractivity contribution in [3.63, 3.8) is 0 Å². The lowest BCUT2D eigenvalue weighted by molar-refractivity contribution is -0.145. The summed E-state index contributed by atoms with van der Waals surface area (Å²) in [6.45, 7) is 9.68. The average molecular weight is 364 g/mol. The lowest BCUT2D eigenvalue weighted by Gasteiger charge is -2.23. The number of carbonyl (C=O) groups is 2. The molecule has 0 aliphatic rings. The second kappa shape index (κ2) is 11.5. The van der Waals surface area contributed by atoms with Crippen molar-refractivity contribution in [2.24, 2.45) is 0 Å². The van der Waals surface area contributed by atoms with Gasteiger partial charge in [-0.05, 0) is 32.8 Å². The van der Waals surface area contributed by atoms with Crippen LogP contribution in [0.2, 0.25) is 0 Å². The summed E-state index contributed by atoms with van der Waals surface area (Å²) >= 11 is 0. The molecule has 26 heavy (non-hydrogen) atoms. The monoisotopic (exact) mass is 364 g/mol. The van der Waals surface area contributed by atoms with E-state index in [-0.39, 0.29) is 12.5 Å². The van der Waals surface area contributed by atoms with Crippen molar-refractivity contribution in [2.45, 2.75) is 52.7 Å². The van der Waals surface area contributed by atoms with Gasteiger partial charge >= 0.3 is 12.1 Å². The van der Waals surface area contributed by atoms with Crippen molar-refractivity contribution in [2.75, 3.05) is 26.2 Å². The van der Waals surface area contributed by atoms with Gasteiger partial charge in [0.15, 0.2) is 0 Å². The molecule has 0 spiro atoms. The van der Waals surface area contributed by atoms with Gasteiger partial charge in [-0.2, -0.15) is 0 Å². The number of alkyl carbamates (subject to hydrolysis) is 1. The van der Waals surface area contributed by atoms with Crippen molar-refractivity contribution < 1.29 is 19.1 Å². The van der Waals surface area contributed by atoms with E-state index in [0.29, 0.717) is 26.2 Å². The van der Waals surface area contributed by atoms with Crippen molar-refractivity contribution in [1.29, 1.82) is 0 Å². The molecule has 0 bridgehead atoms. The van der Waals surface area contributed by atoms with Crippen LogP contribution in [0.4, 0.5) is 4.79 Å². The molecule has 0 heterocycles. The maximum atomic E-state index is 12.0. The van der Waals surface area contributed by atoms with Gasteiger partial charge in [0.25, 0.3) is 0 Å². The molecule has 6 heteroatoms. The lowest BCUT2D eigenvalue weighted by Crippen LogP contribution is -2.39. The molecule has 0 fully saturated rings. The molecule has 6 nitrogen and oxygen atoms in total. The topological polar surface area (TPSA) is 67.9 Å². The first-order valence-corrected chi connectivity index (χ1v) is 9.19. The van der Waals surface area contributed by atoms with E-state index in [9.17, 15) is 9.59 Å². The third kappa shape index (κ3) is 10.7. The van der Waals surface area contributed by atoms with Crippen LogP contribution in [-0.4, -0.2) is 48.8 Å². The summed E-state index contributed by atoms with van der Waals surface area (Å²) in [5.74, 6) is -0.244. The van der Waals surface area contributed by atoms with Crippen LogP contribution in [0, 0.1) is 0 Å². The molecule has 0 radical (unpaired) electrons. The zero-order valence-electron chi connectivity index (χ0n) is 16.4. The smallest absolute Gasteiger partial charge is 0.407 e. The molecule has 146 valence electrons. The third-order valence-electron chi connectivity index (χ3n) is 3.46. The number of nitrogens with zero attached hydrogens (tertiary/aromatic N) is 1. The number of benzene rings is 1. The van der Waals surface area contributed by atoms with Crippen LogP contribution in [0.5, 0.6) is 0 Å². The molecule has 1 aromatic rings. The third-order valence-corrected chi connectivity index (χ3v) is 3.46. The molecule has 1 N–H and O–H groups in total. The molecule has 0 aliphatic carbocycles. The van der Waals surface area contributed by atoms with Crippen molar-refractivity contribution in [1.82, 2.24) is 10.2 Å². The minimum Gasteiger partial charge on any atom is -0.465 e. The Kier molecular flexibility index (Phi) is 9.73. The number of ether oxygens (including phenoxy) is 2. The maximum Gasteiger partial charge on any atom is 0.407 e. The minimum atomic E-state index is -0.531. The van der Waals surface area contributed by atoms with Gasteiger partial charge in [0, 0.05) is 19.6 Å². The summed E-state index contributed by atoms with van der Waals surface area (Å²) in [6, 6.07) is 9.91. The van der Waals surface area contributed by atoms with Gasteiger partial charge in [-0.1, -0.05) is 43.7 Å². The number of rotatable bonds is 10. The number of nitrogens with one attached hydrogen (secondary N) is 1. The van der Waals surface area contributed by atoms with Gasteiger partial charge in [0.2, 0.25) is 0 Å². The molecule has 0 unspecified atom stereocenters. The Morgan fingerprint density at radius 3 is 2.46 bits per heavy atom. The second-order valence-corrected chi connectivity index (χ2v) is 7.20. The Bertz CT molecular complexity index is 540. The van der Waals surface area contributed by atoms with Crippen molar-refractivity contribution in [3.8, 4) is 0 Å². The zero-order valence-corrected chi connectivity index (χ0v) is 16.4. The van der Waals surface area contributed by atoms with E-state index in [1.165, 1.54) is 0 Å². The number of unbranched alkanes of at least 4 members (excludes halogenated alkanes) is 1. The summed E-state index contributed by atoms with van der Waals surface area (Å²) in [7, 11) is 0. The minimum absolute atomic E-state index is 0.189. The SMILES string of the molecule is CCCCOC(=O)CN(CCNC(=O)OC(C)(C)C)Cc1ccccc1. The largest absolute Gasteiger partial charge is 0.465 e. The zero-order chi connectivity index (χ0) is 19.4. The Morgan fingerprint density at radius 2 is 1.85 bits per heavy atom. The normalized spacial score (nSPS) is 11.3. The van der Waals surface area contributed by atoms with Crippen molar-refractivity contribution >= 4 is 12.1 Å². The van der Waals surface area contributed by atoms with E-state index in [0.717, 1.165) is 18.4 Å². The molecular weight excluding hydrogens is 332 g/mol. The number of hydrogen-bond acceptors (Lipinski definition) is 5. The molecule has 0 saturated heterocycles. The Morgan fingerprint density at radius 1 is 1.15 bits per heavy atom. The highest BCUT2D eigenvalue weighted by molar-refractivity contribution is 5.71. The van der Waals surface area contributed by atoms with Crippen LogP contribution < -0.4 is 5.32 Å². The predicted molar refractivity (Wildman–Crippen MR) is 102 cm³/mol. The number of esters is 1. The summed E-state index contributed by atoms with van der Waals surface area (Å²) < 4.78 is 10.5. The van der Waals surface area contributed by atoms with E-state index in [2.05, 4.69) is 12.2 Å². The van der Waals surface area contributed by atoms with Crippen LogP contribution in [0.1, 0.15) is 46.1 Å². The fourth-order valence-electron chi connectivity index (χ4n) is 2.24. The summed E-state index contributed by atoms with van der Waals surface area (Å²) in [5.41, 5.74) is 0.572. The first kappa shape index (κ1) is 22.0. The molecule has 0 aliphatic heterocycles. The maximum absolute atomic E-state index is 12.0. The van der Waals surface area contributed by atoms with Gasteiger partial charge < -0.3 is 14.8 Å². The Balaban J connectivity index is 2.51. The van der Waals surface area contributed by atoms with Crippen LogP contribution >= 0.6 is 0 Å². The summed E-state index contributed by atoms with van der Waals surface area (Å²) in [5, 5.41) is 2.73. The van der Waals surface area contributed by atoms with Gasteiger partial charge in [-0.25, -0.2) is 4.79 Å². The van der Waals surface area contributed by atoms with E-state index in [1.54, 1.807) is 0 Å². The number of hydrogen-bond donors (Lipinski definition) is 1. The summed E-state index contributed by atoms with van der Waals surface area (Å²) in [6.07, 6.45) is 1.40. The Labute approximate surface area is 156 Å². The lowest BCUT2D eigenvalue weighted by atomic mass is 10.2. The molecule has 1 aromatic carbocycles. The number of carbonyl (C=O) groups excluding carboxylic acids is 2. The summed E-state index contributed by atoms with van der Waals surface area (Å²) in [4.78, 5) is 25.7. The number of amides is 1. The van der Waals surface area contributed by atoms with Crippen LogP contribution in [-0.2, 0) is 20.8 Å². The highest BCUT2D eigenvalue weighted by atomic mass is 16.6. The quantitative estimate of drug-likeness (QED) is 0.509. The van der Waals surface area contributed by atoms with E-state index >= 15 is 0 Å². The standard InChI is InChI=1S/C20H32N2O4/c1-5-6-14-25-18(23)16-22(15-17-10-8-7-9-11-17)13-12-21-19(24)26-20(2,3)4/h7-11H,5-6,12-16H2,1-4H3,(H,21,24). The van der Waals surface area contributed by atoms with Gasteiger partial charge in [-0.15, -0.1) is 0 Å². The first-order valence-electron chi connectivity index (χ1n) is 9.19. The van der Waals surface area contributed by atoms with E-state index < -0.39 is 11.7 Å². The molecule has 1 amide bonds. The first-order chi connectivity index (χ1) is 12.3. The molecule has 0 saturated carbocycles. The van der Waals surface area contributed by atoms with E-state index in [1.807, 2.05) is 56.0 Å². The molecule has 0 aromatic heterocycles. The van der Waals surface area contributed by atoms with Gasteiger partial charge in [-0.3, -0.25) is 9.69 Å². The van der Waals surface area contributed by atoms with Crippen LogP contribution in [0.15, 0.2) is 30.3 Å². The second-order valence-electron chi connectivity index (χ2n) is 7.20. The van der Waals surface area contributed by atoms with E-state index in [4.69, 9.17) is 9.47 Å². The van der Waals surface area contributed by atoms with Crippen LogP contribution in [0.25, 0.3) is 0 Å². The fraction of sp³-hybridized carbons (Fsp3) is 0.600. The van der Waals surface area contributed by atoms with Crippen molar-refractivity contribution in [3.05, 3.63) is 35.9 Å². The van der Waals surface area contributed by atoms with Crippen LogP contribution in [0.3, 0.4) is 0 Å². The molecule has 0 atom stereocenters. The predicted octanol–water partition coefficient (Wildman–Crippen LogP) is 3.36. The average Bonchev–Trinajstić information content (AvgIpc) is 2.54. The van der Waals surface area contributed by atoms with Gasteiger partial charge in [0.05, 0.1) is 13.2 Å². The highest BCUT2D eigenvalue weighted by Crippen LogP contribution is 2.07. The van der Waals surface area contributed by atoms with Gasteiger partial charge in [0.1, 0.15) is 5.60 Å². The molecular formula is C20H32N2O4. The fourth-order valence-corrected chi connectivity index (χ4v) is 2.24. The highest BCUT2D eigenvalue weighted by Gasteiger charge is 2.17. The Hall–Kier alpha value is -2.08. The molecule has 1 rings (SSSR count).